The quantitative estimate of drug-likeness (QED) is 0.378. The Morgan fingerprint density at radius 2 is 2.00 bits per heavy atom. The molecule has 5 heteroatoms. The summed E-state index contributed by atoms with van der Waals surface area (Å²) in [6, 6.07) is 0. The van der Waals surface area contributed by atoms with Gasteiger partial charge in [-0.1, -0.05) is 35.8 Å². The third-order valence-electron chi connectivity index (χ3n) is 1.26. The highest BCUT2D eigenvalue weighted by molar-refractivity contribution is 8.06. The van der Waals surface area contributed by atoms with Crippen LogP contribution in [0.4, 0.5) is 0 Å². The van der Waals surface area contributed by atoms with Crippen molar-refractivity contribution in [1.82, 2.24) is 0 Å². The largest absolute Gasteiger partial charge is 0.483 e. The van der Waals surface area contributed by atoms with E-state index < -0.39 is 6.63 Å². The summed E-state index contributed by atoms with van der Waals surface area (Å²) in [6.45, 7) is 3.34. The van der Waals surface area contributed by atoms with Gasteiger partial charge in [-0.2, -0.15) is 0 Å². The Kier molecular flexibility index (Phi) is 7.77. The first-order valence-electron chi connectivity index (χ1n) is 3.70. The molecule has 1 nitrogen and oxygen atoms in total. The van der Waals surface area contributed by atoms with Gasteiger partial charge in [0.1, 0.15) is 6.63 Å². The summed E-state index contributed by atoms with van der Waals surface area (Å²) in [5, 5.41) is 1.07. The van der Waals surface area contributed by atoms with Gasteiger partial charge in [-0.15, -0.1) is 0 Å². The van der Waals surface area contributed by atoms with Crippen molar-refractivity contribution in [2.45, 2.75) is 26.7 Å². The molecule has 0 aromatic heterocycles. The second-order valence-corrected chi connectivity index (χ2v) is 6.32. The van der Waals surface area contributed by atoms with Crippen LogP contribution in [0.15, 0.2) is 10.5 Å². The van der Waals surface area contributed by atoms with Crippen LogP contribution in [0.25, 0.3) is 0 Å². The number of halogens is 3. The number of hydrogen-bond donors (Lipinski definition) is 0. The van der Waals surface area contributed by atoms with Gasteiger partial charge >= 0.3 is 0 Å². The second kappa shape index (κ2) is 7.26. The van der Waals surface area contributed by atoms with Crippen molar-refractivity contribution in [3.05, 3.63) is 10.5 Å². The monoisotopic (exact) mass is 248 g/mol. The zero-order valence-corrected chi connectivity index (χ0v) is 10.3. The van der Waals surface area contributed by atoms with Crippen LogP contribution in [0, 0.1) is 0 Å². The first-order valence-corrected chi connectivity index (χ1v) is 7.23. The van der Waals surface area contributed by atoms with Crippen LogP contribution in [-0.4, -0.2) is 6.61 Å². The van der Waals surface area contributed by atoms with Gasteiger partial charge in [-0.05, 0) is 24.9 Å². The molecule has 0 aromatic rings. The topological polar surface area (TPSA) is 9.23 Å². The van der Waals surface area contributed by atoms with Crippen LogP contribution in [-0.2, 0) is 4.74 Å². The summed E-state index contributed by atoms with van der Waals surface area (Å²) >= 11 is 17.1. The molecule has 0 amide bonds. The fraction of sp³-hybridized carbons (Fsp3) is 0.714. The minimum atomic E-state index is -1.15. The molecule has 0 aliphatic rings. The van der Waals surface area contributed by atoms with Crippen molar-refractivity contribution < 1.29 is 4.74 Å². The van der Waals surface area contributed by atoms with E-state index in [2.05, 4.69) is 6.92 Å². The lowest BCUT2D eigenvalue weighted by molar-refractivity contribution is 0.229. The maximum Gasteiger partial charge on any atom is 0.192 e. The molecule has 72 valence electrons. The second-order valence-electron chi connectivity index (χ2n) is 2.29. The SMILES string of the molecule is CCCCO/C(Cl)=C(\C)P(Cl)Cl. The lowest BCUT2D eigenvalue weighted by Crippen LogP contribution is -1.90. The smallest absolute Gasteiger partial charge is 0.192 e. The molecule has 0 spiro atoms. The number of rotatable bonds is 5. The first kappa shape index (κ1) is 12.8. The van der Waals surface area contributed by atoms with E-state index in [0.29, 0.717) is 11.8 Å². The summed E-state index contributed by atoms with van der Waals surface area (Å²) in [5.74, 6) is 0. The van der Waals surface area contributed by atoms with Gasteiger partial charge in [-0.25, -0.2) is 0 Å². The van der Waals surface area contributed by atoms with Crippen LogP contribution in [0.1, 0.15) is 26.7 Å². The summed E-state index contributed by atoms with van der Waals surface area (Å²) in [5.41, 5.74) is 0. The van der Waals surface area contributed by atoms with Gasteiger partial charge < -0.3 is 4.74 Å². The van der Waals surface area contributed by atoms with Crippen LogP contribution < -0.4 is 0 Å². The molecule has 0 N–H and O–H groups in total. The lowest BCUT2D eigenvalue weighted by atomic mass is 10.4. The third-order valence-corrected chi connectivity index (χ3v) is 4.02. The van der Waals surface area contributed by atoms with Gasteiger partial charge in [0.2, 0.25) is 0 Å². The van der Waals surface area contributed by atoms with Crippen molar-refractivity contribution in [3.63, 3.8) is 0 Å². The normalized spacial score (nSPS) is 13.2. The maximum atomic E-state index is 5.77. The Hall–Kier alpha value is 0.840. The van der Waals surface area contributed by atoms with Crippen molar-refractivity contribution in [3.8, 4) is 0 Å². The highest BCUT2D eigenvalue weighted by Gasteiger charge is 2.08. The first-order chi connectivity index (χ1) is 5.59. The number of allylic oxidation sites excluding steroid dienone is 1. The summed E-state index contributed by atoms with van der Waals surface area (Å²) < 4.78 is 5.20. The van der Waals surface area contributed by atoms with E-state index in [1.54, 1.807) is 6.92 Å². The fourth-order valence-electron chi connectivity index (χ4n) is 0.477. The molecule has 0 aromatic carbocycles. The zero-order valence-electron chi connectivity index (χ0n) is 7.11. The molecular formula is C7H12Cl3OP. The molecular weight excluding hydrogens is 237 g/mol. The van der Waals surface area contributed by atoms with Gasteiger partial charge in [0.25, 0.3) is 0 Å². The average molecular weight is 250 g/mol. The predicted octanol–water partition coefficient (Wildman–Crippen LogP) is 5.02. The molecule has 12 heavy (non-hydrogen) atoms. The highest BCUT2D eigenvalue weighted by atomic mass is 35.9. The molecule has 0 atom stereocenters. The van der Waals surface area contributed by atoms with E-state index in [-0.39, 0.29) is 0 Å². The van der Waals surface area contributed by atoms with E-state index in [4.69, 9.17) is 38.8 Å². The fourth-order valence-corrected chi connectivity index (χ4v) is 1.73. The molecule has 0 saturated carbocycles. The molecule has 0 heterocycles. The minimum absolute atomic E-state index is 0.347. The molecule has 0 unspecified atom stereocenters. The molecule has 0 fully saturated rings. The van der Waals surface area contributed by atoms with Crippen LogP contribution >= 0.6 is 40.7 Å². The van der Waals surface area contributed by atoms with E-state index in [1.807, 2.05) is 0 Å². The molecule has 0 radical (unpaired) electrons. The van der Waals surface area contributed by atoms with E-state index >= 15 is 0 Å². The zero-order chi connectivity index (χ0) is 9.56. The standard InChI is InChI=1S/C7H12Cl3OP/c1-3-4-5-11-7(8)6(2)12(9)10/h3-5H2,1-2H3/b7-6+. The molecule has 0 aliphatic heterocycles. The van der Waals surface area contributed by atoms with Gasteiger partial charge in [0, 0.05) is 5.31 Å². The van der Waals surface area contributed by atoms with E-state index in [1.165, 1.54) is 0 Å². The van der Waals surface area contributed by atoms with Crippen molar-refractivity contribution in [2.24, 2.45) is 0 Å². The van der Waals surface area contributed by atoms with Crippen molar-refractivity contribution in [1.29, 1.82) is 0 Å². The number of unbranched alkanes of at least 4 members (excludes halogenated alkanes) is 1. The molecule has 0 bridgehead atoms. The molecule has 0 rings (SSSR count). The van der Waals surface area contributed by atoms with Crippen LogP contribution in [0.5, 0.6) is 0 Å². The van der Waals surface area contributed by atoms with Gasteiger partial charge in [0.15, 0.2) is 5.22 Å². The van der Waals surface area contributed by atoms with Crippen LogP contribution in [0.2, 0.25) is 0 Å². The average Bonchev–Trinajstić information content (AvgIpc) is 2.03. The Labute approximate surface area is 89.3 Å². The molecule has 0 saturated heterocycles. The Morgan fingerprint density at radius 1 is 1.42 bits per heavy atom. The maximum absolute atomic E-state index is 5.77. The minimum Gasteiger partial charge on any atom is -0.483 e. The summed E-state index contributed by atoms with van der Waals surface area (Å²) in [6.07, 6.45) is 2.08. The Bertz CT molecular complexity index is 159. The Morgan fingerprint density at radius 3 is 2.42 bits per heavy atom. The van der Waals surface area contributed by atoms with Crippen LogP contribution in [0.3, 0.4) is 0 Å². The van der Waals surface area contributed by atoms with Crippen molar-refractivity contribution in [2.75, 3.05) is 6.61 Å². The highest BCUT2D eigenvalue weighted by Crippen LogP contribution is 2.55. The van der Waals surface area contributed by atoms with E-state index in [0.717, 1.165) is 18.2 Å². The summed E-state index contributed by atoms with van der Waals surface area (Å²) in [7, 11) is 0. The molecule has 0 aliphatic carbocycles. The van der Waals surface area contributed by atoms with Crippen molar-refractivity contribution >= 4 is 40.7 Å². The van der Waals surface area contributed by atoms with Gasteiger partial charge in [0.05, 0.1) is 6.61 Å². The number of hydrogen-bond acceptors (Lipinski definition) is 1. The van der Waals surface area contributed by atoms with Gasteiger partial charge in [-0.3, -0.25) is 0 Å². The lowest BCUT2D eigenvalue weighted by Gasteiger charge is -2.07. The third kappa shape index (κ3) is 5.48. The summed E-state index contributed by atoms with van der Waals surface area (Å²) in [4.78, 5) is 0. The predicted molar refractivity (Wildman–Crippen MR) is 58.0 cm³/mol. The Balaban J connectivity index is 3.83. The van der Waals surface area contributed by atoms with E-state index in [9.17, 15) is 0 Å². The number of ether oxygens (including phenoxy) is 1.